The van der Waals surface area contributed by atoms with Gasteiger partial charge in [0, 0.05) is 10.6 Å². The van der Waals surface area contributed by atoms with Crippen LogP contribution in [0.3, 0.4) is 0 Å². The lowest BCUT2D eigenvalue weighted by Crippen LogP contribution is -2.33. The summed E-state index contributed by atoms with van der Waals surface area (Å²) in [6.45, 7) is 0. The summed E-state index contributed by atoms with van der Waals surface area (Å²) < 4.78 is 21.4. The lowest BCUT2D eigenvalue weighted by Gasteiger charge is -2.11. The van der Waals surface area contributed by atoms with E-state index < -0.39 is 27.1 Å². The normalized spacial score (nSPS) is 12.9. The molecule has 0 saturated heterocycles. The van der Waals surface area contributed by atoms with E-state index in [-0.39, 0.29) is 5.56 Å². The molecule has 0 bridgehead atoms. The smallest absolute Gasteiger partial charge is 0.299 e. The molecular weight excluding hydrogens is 303 g/mol. The van der Waals surface area contributed by atoms with Crippen LogP contribution in [-0.4, -0.2) is 26.1 Å². The van der Waals surface area contributed by atoms with Gasteiger partial charge in [-0.3, -0.25) is 10.1 Å². The van der Waals surface area contributed by atoms with Crippen molar-refractivity contribution in [3.05, 3.63) is 34.9 Å². The average Bonchev–Trinajstić information content (AvgIpc) is 2.24. The summed E-state index contributed by atoms with van der Waals surface area (Å²) >= 11 is 5.60. The zero-order valence-corrected chi connectivity index (χ0v) is 11.3. The molecule has 0 aliphatic heterocycles. The Morgan fingerprint density at radius 3 is 2.11 bits per heavy atom. The summed E-state index contributed by atoms with van der Waals surface area (Å²) in [4.78, 5) is 38.3. The monoisotopic (exact) mass is 312 g/mol. The molecule has 10 heteroatoms. The van der Waals surface area contributed by atoms with Crippen molar-refractivity contribution in [2.24, 2.45) is 0 Å². The molecule has 4 N–H and O–H groups in total. The first-order chi connectivity index (χ1) is 8.21. The van der Waals surface area contributed by atoms with Gasteiger partial charge >= 0.3 is 21.1 Å². The third kappa shape index (κ3) is 4.14. The Morgan fingerprint density at radius 1 is 1.22 bits per heavy atom. The van der Waals surface area contributed by atoms with Crippen molar-refractivity contribution in [2.45, 2.75) is 5.52 Å². The van der Waals surface area contributed by atoms with E-state index in [1.54, 1.807) is 0 Å². The number of carbonyl (C=O) groups is 1. The Bertz CT molecular complexity index is 501. The minimum atomic E-state index is -4.72. The molecule has 0 saturated carbocycles. The van der Waals surface area contributed by atoms with E-state index in [1.165, 1.54) is 24.3 Å². The average molecular weight is 313 g/mol. The van der Waals surface area contributed by atoms with Crippen LogP contribution in [0.2, 0.25) is 5.02 Å². The largest absolute Gasteiger partial charge is 0.443 e. The first-order valence-corrected chi connectivity index (χ1v) is 7.83. The van der Waals surface area contributed by atoms with E-state index in [0.29, 0.717) is 5.02 Å². The number of benzene rings is 1. The first-order valence-electron chi connectivity index (χ1n) is 4.48. The molecule has 1 aromatic rings. The van der Waals surface area contributed by atoms with Crippen LogP contribution >= 0.6 is 27.2 Å². The highest BCUT2D eigenvalue weighted by Crippen LogP contribution is 2.54. The number of hydrogen-bond donors (Lipinski definition) is 4. The predicted molar refractivity (Wildman–Crippen MR) is 64.6 cm³/mol. The molecule has 1 aromatic carbocycles. The molecule has 0 aliphatic carbocycles. The maximum Gasteiger partial charge on any atom is 0.443 e. The molecule has 1 amide bonds. The second-order valence-electron chi connectivity index (χ2n) is 3.25. The molecule has 98 valence electrons. The van der Waals surface area contributed by atoms with Gasteiger partial charge in [-0.15, -0.1) is 0 Å². The molecular formula is C8H9ClNO6P2+. The van der Waals surface area contributed by atoms with Crippen molar-refractivity contribution >= 4 is 33.1 Å². The van der Waals surface area contributed by atoms with Gasteiger partial charge in [-0.25, -0.2) is 9.13 Å². The van der Waals surface area contributed by atoms with Crippen LogP contribution in [-0.2, 0) is 9.13 Å². The van der Waals surface area contributed by atoms with Gasteiger partial charge in [0.05, 0.1) is 0 Å². The Balaban J connectivity index is 2.89. The highest BCUT2D eigenvalue weighted by Gasteiger charge is 2.49. The second-order valence-corrected chi connectivity index (χ2v) is 6.93. The fourth-order valence-corrected chi connectivity index (χ4v) is 2.72. The second kappa shape index (κ2) is 5.89. The molecule has 0 spiro atoms. The Labute approximate surface area is 108 Å². The third-order valence-electron chi connectivity index (χ3n) is 1.89. The fraction of sp³-hybridized carbons (Fsp3) is 0.125. The van der Waals surface area contributed by atoms with Crippen molar-refractivity contribution in [2.75, 3.05) is 0 Å². The van der Waals surface area contributed by atoms with Crippen LogP contribution in [0.15, 0.2) is 24.3 Å². The van der Waals surface area contributed by atoms with E-state index in [2.05, 4.69) is 0 Å². The van der Waals surface area contributed by atoms with E-state index in [4.69, 9.17) is 26.3 Å². The van der Waals surface area contributed by atoms with Crippen LogP contribution < -0.4 is 5.32 Å². The van der Waals surface area contributed by atoms with E-state index >= 15 is 0 Å². The fourth-order valence-electron chi connectivity index (χ4n) is 1.07. The molecule has 0 aromatic heterocycles. The number of nitrogens with one attached hydrogen (secondary N) is 1. The third-order valence-corrected chi connectivity index (χ3v) is 4.96. The van der Waals surface area contributed by atoms with Crippen LogP contribution in [0.4, 0.5) is 0 Å². The van der Waals surface area contributed by atoms with Gasteiger partial charge in [0.2, 0.25) is 0 Å². The molecule has 0 aliphatic rings. The maximum atomic E-state index is 11.6. The highest BCUT2D eigenvalue weighted by atomic mass is 35.5. The zero-order chi connectivity index (χ0) is 13.9. The number of rotatable bonds is 4. The molecule has 1 unspecified atom stereocenters. The Morgan fingerprint density at radius 2 is 1.72 bits per heavy atom. The summed E-state index contributed by atoms with van der Waals surface area (Å²) in [7, 11) is -8.16. The molecule has 0 fully saturated rings. The van der Waals surface area contributed by atoms with Crippen LogP contribution in [0, 0.1) is 0 Å². The predicted octanol–water partition coefficient (Wildman–Crippen LogP) is 1.27. The first kappa shape index (κ1) is 15.2. The van der Waals surface area contributed by atoms with Gasteiger partial charge in [-0.2, -0.15) is 14.7 Å². The van der Waals surface area contributed by atoms with E-state index in [0.717, 1.165) is 0 Å². The van der Waals surface area contributed by atoms with Gasteiger partial charge in [-0.05, 0) is 24.3 Å². The number of amides is 1. The van der Waals surface area contributed by atoms with Crippen LogP contribution in [0.5, 0.6) is 0 Å². The number of carbonyl (C=O) groups excluding carboxylic acids is 1. The summed E-state index contributed by atoms with van der Waals surface area (Å²) in [6.07, 6.45) is 0. The molecule has 1 atom stereocenters. The Kier molecular flexibility index (Phi) is 4.99. The minimum Gasteiger partial charge on any atom is -0.299 e. The lowest BCUT2D eigenvalue weighted by molar-refractivity contribution is 0.0950. The number of halogens is 1. The van der Waals surface area contributed by atoms with E-state index in [9.17, 15) is 13.9 Å². The summed E-state index contributed by atoms with van der Waals surface area (Å²) in [6, 6.07) is 5.45. The van der Waals surface area contributed by atoms with Crippen molar-refractivity contribution in [1.82, 2.24) is 5.32 Å². The summed E-state index contributed by atoms with van der Waals surface area (Å²) in [5.41, 5.74) is -2.06. The maximum absolute atomic E-state index is 11.6. The molecule has 0 heterocycles. The SMILES string of the molecule is O=C(NC(P(=O)=O)[P+](O)(O)O)c1ccc(Cl)cc1. The van der Waals surface area contributed by atoms with E-state index in [1.807, 2.05) is 5.32 Å². The van der Waals surface area contributed by atoms with Crippen molar-refractivity contribution in [3.63, 3.8) is 0 Å². The van der Waals surface area contributed by atoms with Crippen molar-refractivity contribution in [3.8, 4) is 0 Å². The summed E-state index contributed by atoms with van der Waals surface area (Å²) in [5, 5.41) is 2.19. The van der Waals surface area contributed by atoms with Gasteiger partial charge in [0.25, 0.3) is 5.91 Å². The van der Waals surface area contributed by atoms with Gasteiger partial charge < -0.3 is 0 Å². The van der Waals surface area contributed by atoms with Crippen molar-refractivity contribution in [1.29, 1.82) is 0 Å². The standard InChI is InChI=1S/C8H8ClNO6P2/c9-6-3-1-5(2-4-6)7(11)10-8(17(12)13)18(14,15)16/h1-4,8,14-16H/p+1. The van der Waals surface area contributed by atoms with Gasteiger partial charge in [0.15, 0.2) is 0 Å². The molecule has 1 rings (SSSR count). The topological polar surface area (TPSA) is 124 Å². The van der Waals surface area contributed by atoms with Gasteiger partial charge in [0.1, 0.15) is 0 Å². The molecule has 7 nitrogen and oxygen atoms in total. The number of hydrogen-bond acceptors (Lipinski definition) is 6. The molecule has 0 radical (unpaired) electrons. The van der Waals surface area contributed by atoms with Crippen LogP contribution in [0.1, 0.15) is 10.4 Å². The quantitative estimate of drug-likeness (QED) is 0.621. The van der Waals surface area contributed by atoms with Crippen LogP contribution in [0.25, 0.3) is 0 Å². The summed E-state index contributed by atoms with van der Waals surface area (Å²) in [5.74, 6) is -0.877. The highest BCUT2D eigenvalue weighted by molar-refractivity contribution is 7.68. The zero-order valence-electron chi connectivity index (χ0n) is 8.73. The molecule has 18 heavy (non-hydrogen) atoms. The Hall–Kier alpha value is -0.810. The van der Waals surface area contributed by atoms with Crippen molar-refractivity contribution < 1.29 is 28.6 Å². The van der Waals surface area contributed by atoms with Gasteiger partial charge in [-0.1, -0.05) is 11.6 Å². The lowest BCUT2D eigenvalue weighted by atomic mass is 10.2. The minimum absolute atomic E-state index is 0.0645.